The van der Waals surface area contributed by atoms with Gasteiger partial charge in [0.05, 0.1) is 18.4 Å². The predicted molar refractivity (Wildman–Crippen MR) is 98.8 cm³/mol. The number of rotatable bonds is 6. The van der Waals surface area contributed by atoms with E-state index in [-0.39, 0.29) is 24.3 Å². The standard InChI is InChI=1S/C17H27N7O2/c1-3-18-17(20-7-6-19-16(26)13-4-5-13)23-8-9-24(15(25)12-23)14-10-21-22(2)11-14/h10-11,13H,3-9,12H2,1-2H3,(H,18,20)(H,19,26). The van der Waals surface area contributed by atoms with Crippen molar-refractivity contribution < 1.29 is 9.59 Å². The molecule has 2 N–H and O–H groups in total. The quantitative estimate of drug-likeness (QED) is 0.407. The minimum absolute atomic E-state index is 0.0249. The molecule has 1 aromatic heterocycles. The molecule has 1 saturated carbocycles. The normalized spacial score (nSPS) is 18.2. The third-order valence-electron chi connectivity index (χ3n) is 4.48. The molecule has 2 aliphatic rings. The molecule has 2 heterocycles. The third-order valence-corrected chi connectivity index (χ3v) is 4.48. The molecular weight excluding hydrogens is 334 g/mol. The van der Waals surface area contributed by atoms with Gasteiger partial charge in [-0.3, -0.25) is 19.3 Å². The molecule has 1 saturated heterocycles. The lowest BCUT2D eigenvalue weighted by Gasteiger charge is -2.35. The van der Waals surface area contributed by atoms with Gasteiger partial charge < -0.3 is 20.4 Å². The fourth-order valence-electron chi connectivity index (χ4n) is 2.93. The van der Waals surface area contributed by atoms with Gasteiger partial charge in [0, 0.05) is 45.3 Å². The molecule has 1 aromatic rings. The number of hydrogen-bond acceptors (Lipinski definition) is 4. The first-order chi connectivity index (χ1) is 12.6. The highest BCUT2D eigenvalue weighted by atomic mass is 16.2. The van der Waals surface area contributed by atoms with E-state index in [9.17, 15) is 9.59 Å². The zero-order valence-corrected chi connectivity index (χ0v) is 15.4. The largest absolute Gasteiger partial charge is 0.357 e. The maximum Gasteiger partial charge on any atom is 0.246 e. The van der Waals surface area contributed by atoms with Crippen LogP contribution < -0.4 is 15.5 Å². The Bertz CT molecular complexity index is 680. The van der Waals surface area contributed by atoms with Crippen molar-refractivity contribution >= 4 is 23.5 Å². The molecule has 0 radical (unpaired) electrons. The maximum atomic E-state index is 12.5. The number of anilines is 1. The summed E-state index contributed by atoms with van der Waals surface area (Å²) in [5.41, 5.74) is 0.821. The summed E-state index contributed by atoms with van der Waals surface area (Å²) < 4.78 is 1.69. The molecule has 9 nitrogen and oxygen atoms in total. The second-order valence-corrected chi connectivity index (χ2v) is 6.64. The lowest BCUT2D eigenvalue weighted by atomic mass is 10.3. The van der Waals surface area contributed by atoms with E-state index < -0.39 is 0 Å². The van der Waals surface area contributed by atoms with Gasteiger partial charge in [-0.25, -0.2) is 0 Å². The minimum Gasteiger partial charge on any atom is -0.357 e. The first kappa shape index (κ1) is 18.2. The number of amides is 2. The van der Waals surface area contributed by atoms with Crippen molar-refractivity contribution in [3.63, 3.8) is 0 Å². The van der Waals surface area contributed by atoms with E-state index in [2.05, 4.69) is 20.7 Å². The molecule has 9 heteroatoms. The van der Waals surface area contributed by atoms with Gasteiger partial charge in [0.1, 0.15) is 6.54 Å². The van der Waals surface area contributed by atoms with E-state index in [0.29, 0.717) is 32.1 Å². The van der Waals surface area contributed by atoms with Crippen LogP contribution in [-0.4, -0.2) is 71.7 Å². The zero-order valence-electron chi connectivity index (χ0n) is 15.4. The molecule has 2 amide bonds. The number of hydrogen-bond donors (Lipinski definition) is 2. The first-order valence-electron chi connectivity index (χ1n) is 9.18. The monoisotopic (exact) mass is 361 g/mol. The molecule has 3 rings (SSSR count). The highest BCUT2D eigenvalue weighted by Crippen LogP contribution is 2.28. The number of aryl methyl sites for hydroxylation is 1. The van der Waals surface area contributed by atoms with Gasteiger partial charge in [-0.2, -0.15) is 5.10 Å². The van der Waals surface area contributed by atoms with Gasteiger partial charge in [0.15, 0.2) is 5.96 Å². The van der Waals surface area contributed by atoms with E-state index in [0.717, 1.165) is 25.1 Å². The van der Waals surface area contributed by atoms with E-state index >= 15 is 0 Å². The smallest absolute Gasteiger partial charge is 0.246 e. The van der Waals surface area contributed by atoms with Crippen LogP contribution in [0.5, 0.6) is 0 Å². The van der Waals surface area contributed by atoms with Gasteiger partial charge in [-0.05, 0) is 19.8 Å². The predicted octanol–water partition coefficient (Wildman–Crippen LogP) is -0.440. The number of aliphatic imine (C=N–C) groups is 1. The van der Waals surface area contributed by atoms with Gasteiger partial charge >= 0.3 is 0 Å². The van der Waals surface area contributed by atoms with Crippen molar-refractivity contribution in [2.24, 2.45) is 18.0 Å². The van der Waals surface area contributed by atoms with Crippen molar-refractivity contribution in [3.05, 3.63) is 12.4 Å². The highest BCUT2D eigenvalue weighted by Gasteiger charge is 2.29. The van der Waals surface area contributed by atoms with E-state index in [1.54, 1.807) is 15.8 Å². The van der Waals surface area contributed by atoms with Crippen LogP contribution in [0.15, 0.2) is 17.4 Å². The lowest BCUT2D eigenvalue weighted by Crippen LogP contribution is -2.55. The molecule has 0 bridgehead atoms. The Morgan fingerprint density at radius 3 is 2.77 bits per heavy atom. The Labute approximate surface area is 153 Å². The molecular formula is C17H27N7O2. The van der Waals surface area contributed by atoms with Crippen LogP contribution in [0.1, 0.15) is 19.8 Å². The topological polar surface area (TPSA) is 94.9 Å². The molecule has 0 spiro atoms. The van der Waals surface area contributed by atoms with Gasteiger partial charge in [-0.1, -0.05) is 0 Å². The van der Waals surface area contributed by atoms with E-state index in [1.807, 2.05) is 25.1 Å². The highest BCUT2D eigenvalue weighted by molar-refractivity contribution is 5.98. The van der Waals surface area contributed by atoms with Crippen molar-refractivity contribution in [1.82, 2.24) is 25.3 Å². The summed E-state index contributed by atoms with van der Waals surface area (Å²) in [7, 11) is 1.84. The molecule has 26 heavy (non-hydrogen) atoms. The van der Waals surface area contributed by atoms with Crippen molar-refractivity contribution in [2.75, 3.05) is 44.2 Å². The summed E-state index contributed by atoms with van der Waals surface area (Å²) in [5.74, 6) is 1.08. The average molecular weight is 361 g/mol. The summed E-state index contributed by atoms with van der Waals surface area (Å²) >= 11 is 0. The average Bonchev–Trinajstić information content (AvgIpc) is 3.39. The summed E-state index contributed by atoms with van der Waals surface area (Å²) in [6, 6.07) is 0. The molecule has 2 fully saturated rings. The number of nitrogens with one attached hydrogen (secondary N) is 2. The summed E-state index contributed by atoms with van der Waals surface area (Å²) in [4.78, 5) is 32.4. The first-order valence-corrected chi connectivity index (χ1v) is 9.18. The molecule has 1 aliphatic heterocycles. The molecule has 1 aliphatic carbocycles. The number of aromatic nitrogens is 2. The van der Waals surface area contributed by atoms with Crippen molar-refractivity contribution in [3.8, 4) is 0 Å². The molecule has 0 unspecified atom stereocenters. The van der Waals surface area contributed by atoms with Gasteiger partial charge in [-0.15, -0.1) is 0 Å². The Balaban J connectivity index is 1.53. The van der Waals surface area contributed by atoms with Crippen LogP contribution in [0, 0.1) is 5.92 Å². The molecule has 142 valence electrons. The van der Waals surface area contributed by atoms with Crippen molar-refractivity contribution in [1.29, 1.82) is 0 Å². The van der Waals surface area contributed by atoms with Gasteiger partial charge in [0.25, 0.3) is 0 Å². The number of carbonyl (C=O) groups excluding carboxylic acids is 2. The second-order valence-electron chi connectivity index (χ2n) is 6.64. The van der Waals surface area contributed by atoms with Crippen LogP contribution in [0.25, 0.3) is 0 Å². The fourth-order valence-corrected chi connectivity index (χ4v) is 2.93. The summed E-state index contributed by atoms with van der Waals surface area (Å²) in [6.07, 6.45) is 5.55. The van der Waals surface area contributed by atoms with Crippen LogP contribution in [0.2, 0.25) is 0 Å². The van der Waals surface area contributed by atoms with Crippen LogP contribution >= 0.6 is 0 Å². The van der Waals surface area contributed by atoms with Crippen LogP contribution in [-0.2, 0) is 16.6 Å². The van der Waals surface area contributed by atoms with E-state index in [1.165, 1.54) is 0 Å². The SMILES string of the molecule is CCNC(=NCCNC(=O)C1CC1)N1CCN(c2cnn(C)c2)C(=O)C1. The minimum atomic E-state index is 0.0249. The third kappa shape index (κ3) is 4.53. The van der Waals surface area contributed by atoms with Crippen molar-refractivity contribution in [2.45, 2.75) is 19.8 Å². The van der Waals surface area contributed by atoms with Gasteiger partial charge in [0.2, 0.25) is 11.8 Å². The van der Waals surface area contributed by atoms with Crippen LogP contribution in [0.4, 0.5) is 5.69 Å². The lowest BCUT2D eigenvalue weighted by molar-refractivity contribution is -0.122. The maximum absolute atomic E-state index is 12.5. The number of carbonyl (C=O) groups is 2. The zero-order chi connectivity index (χ0) is 18.5. The van der Waals surface area contributed by atoms with Crippen LogP contribution in [0.3, 0.4) is 0 Å². The van der Waals surface area contributed by atoms with E-state index in [4.69, 9.17) is 0 Å². The summed E-state index contributed by atoms with van der Waals surface area (Å²) in [5, 5.41) is 10.3. The molecule has 0 aromatic carbocycles. The Kier molecular flexibility index (Phi) is 5.75. The Hall–Kier alpha value is -2.58. The number of piperazine rings is 1. The fraction of sp³-hybridized carbons (Fsp3) is 0.647. The number of guanidine groups is 1. The second kappa shape index (κ2) is 8.20. The number of nitrogens with zero attached hydrogens (tertiary/aromatic N) is 5. The molecule has 0 atom stereocenters. The Morgan fingerprint density at radius 1 is 1.35 bits per heavy atom. The summed E-state index contributed by atoms with van der Waals surface area (Å²) in [6.45, 7) is 5.30. The Morgan fingerprint density at radius 2 is 2.15 bits per heavy atom.